The zero-order valence-corrected chi connectivity index (χ0v) is 12.0. The minimum Gasteiger partial charge on any atom is -0.481 e. The number of carbonyl (C=O) groups is 1. The van der Waals surface area contributed by atoms with Gasteiger partial charge in [0.2, 0.25) is 17.7 Å². The second kappa shape index (κ2) is 6.80. The molecule has 2 rings (SSSR count). The van der Waals surface area contributed by atoms with Crippen LogP contribution in [0.25, 0.3) is 0 Å². The molecule has 22 heavy (non-hydrogen) atoms. The summed E-state index contributed by atoms with van der Waals surface area (Å²) < 4.78 is 43.8. The zero-order valence-electron chi connectivity index (χ0n) is 12.0. The van der Waals surface area contributed by atoms with Gasteiger partial charge in [-0.05, 0) is 12.8 Å². The summed E-state index contributed by atoms with van der Waals surface area (Å²) in [6.45, 7) is 0. The largest absolute Gasteiger partial charge is 0.481 e. The normalized spacial score (nSPS) is 22.0. The monoisotopic (exact) mass is 318 g/mol. The highest BCUT2D eigenvalue weighted by Crippen LogP contribution is 2.41. The maximum Gasteiger partial charge on any atom is 0.392 e. The van der Waals surface area contributed by atoms with Gasteiger partial charge in [-0.2, -0.15) is 18.2 Å². The number of hydrazine groups is 1. The molecule has 9 heteroatoms. The topological polar surface area (TPSA) is 76.1 Å². The quantitative estimate of drug-likeness (QED) is 0.833. The van der Waals surface area contributed by atoms with Crippen molar-refractivity contribution in [1.82, 2.24) is 15.4 Å². The van der Waals surface area contributed by atoms with Crippen LogP contribution < -0.4 is 15.6 Å². The first kappa shape index (κ1) is 16.3. The van der Waals surface area contributed by atoms with E-state index in [0.29, 0.717) is 12.8 Å². The molecule has 0 spiro atoms. The fourth-order valence-corrected chi connectivity index (χ4v) is 2.56. The van der Waals surface area contributed by atoms with E-state index < -0.39 is 23.9 Å². The molecule has 1 fully saturated rings. The number of ether oxygens (including phenoxy) is 1. The van der Waals surface area contributed by atoms with Gasteiger partial charge in [0.25, 0.3) is 0 Å². The number of hydrogen-bond donors (Lipinski definition) is 2. The van der Waals surface area contributed by atoms with Gasteiger partial charge in [-0.3, -0.25) is 15.6 Å². The van der Waals surface area contributed by atoms with E-state index in [9.17, 15) is 18.0 Å². The van der Waals surface area contributed by atoms with Crippen LogP contribution >= 0.6 is 0 Å². The predicted molar refractivity (Wildman–Crippen MR) is 71.9 cm³/mol. The molecular formula is C13H17F3N4O2. The lowest BCUT2D eigenvalue weighted by molar-refractivity contribution is -0.198. The zero-order chi connectivity index (χ0) is 16.2. The Morgan fingerprint density at radius 3 is 2.77 bits per heavy atom. The van der Waals surface area contributed by atoms with Crippen LogP contribution in [0.1, 0.15) is 25.7 Å². The van der Waals surface area contributed by atoms with Crippen molar-refractivity contribution in [2.75, 3.05) is 12.5 Å². The van der Waals surface area contributed by atoms with Gasteiger partial charge < -0.3 is 4.74 Å². The lowest BCUT2D eigenvalue weighted by Crippen LogP contribution is -2.44. The van der Waals surface area contributed by atoms with Crippen molar-refractivity contribution in [2.45, 2.75) is 31.9 Å². The Balaban J connectivity index is 1.98. The summed E-state index contributed by atoms with van der Waals surface area (Å²) in [5.41, 5.74) is 4.67. The molecule has 1 amide bonds. The van der Waals surface area contributed by atoms with E-state index >= 15 is 0 Å². The van der Waals surface area contributed by atoms with Crippen molar-refractivity contribution in [1.29, 1.82) is 0 Å². The average molecular weight is 318 g/mol. The van der Waals surface area contributed by atoms with Crippen molar-refractivity contribution >= 4 is 11.9 Å². The molecule has 0 saturated heterocycles. The molecule has 1 aromatic heterocycles. The number of halogens is 3. The van der Waals surface area contributed by atoms with Crippen LogP contribution in [-0.4, -0.2) is 29.2 Å². The third-order valence-corrected chi connectivity index (χ3v) is 3.66. The molecule has 1 aliphatic carbocycles. The van der Waals surface area contributed by atoms with Gasteiger partial charge >= 0.3 is 6.18 Å². The standard InChI is InChI=1S/C13H17F3N4O2/c1-22-10-6-7-17-12(18-10)20-19-11(21)8-4-2-3-5-9(8)13(14,15)16/h6-9H,2-5H2,1H3,(H,19,21)(H,17,18,20)/t8-,9+/m0/s1. The van der Waals surface area contributed by atoms with E-state index in [1.807, 2.05) is 0 Å². The Kier molecular flexibility index (Phi) is 5.04. The van der Waals surface area contributed by atoms with Crippen LogP contribution in [0.5, 0.6) is 5.88 Å². The molecule has 1 heterocycles. The molecule has 1 saturated carbocycles. The fraction of sp³-hybridized carbons (Fsp3) is 0.615. The molecule has 0 aliphatic heterocycles. The summed E-state index contributed by atoms with van der Waals surface area (Å²) in [4.78, 5) is 19.8. The first-order chi connectivity index (χ1) is 10.4. The first-order valence-electron chi connectivity index (χ1n) is 6.91. The Bertz CT molecular complexity index is 524. The van der Waals surface area contributed by atoms with Gasteiger partial charge in [0.15, 0.2) is 0 Å². The Hall–Kier alpha value is -2.06. The SMILES string of the molecule is COc1ccnc(NNC(=O)[C@H]2CCCC[C@H]2C(F)(F)F)n1. The molecule has 0 bridgehead atoms. The maximum absolute atomic E-state index is 13.0. The number of nitrogens with one attached hydrogen (secondary N) is 2. The third kappa shape index (κ3) is 3.99. The van der Waals surface area contributed by atoms with E-state index in [4.69, 9.17) is 4.74 Å². The Morgan fingerprint density at radius 1 is 1.36 bits per heavy atom. The number of alkyl halides is 3. The number of anilines is 1. The smallest absolute Gasteiger partial charge is 0.392 e. The average Bonchev–Trinajstić information content (AvgIpc) is 2.52. The summed E-state index contributed by atoms with van der Waals surface area (Å²) in [6.07, 6.45) is -1.66. The van der Waals surface area contributed by atoms with E-state index in [2.05, 4.69) is 20.8 Å². The minimum absolute atomic E-state index is 0.0166. The van der Waals surface area contributed by atoms with Crippen LogP contribution in [-0.2, 0) is 4.79 Å². The van der Waals surface area contributed by atoms with Crippen molar-refractivity contribution < 1.29 is 22.7 Å². The number of amides is 1. The second-order valence-electron chi connectivity index (χ2n) is 5.08. The molecule has 1 aromatic rings. The summed E-state index contributed by atoms with van der Waals surface area (Å²) in [5, 5.41) is 0. The predicted octanol–water partition coefficient (Wildman–Crippen LogP) is 2.30. The molecule has 0 radical (unpaired) electrons. The van der Waals surface area contributed by atoms with Crippen LogP contribution in [0.2, 0.25) is 0 Å². The van der Waals surface area contributed by atoms with Crippen molar-refractivity contribution in [2.24, 2.45) is 11.8 Å². The van der Waals surface area contributed by atoms with E-state index in [-0.39, 0.29) is 24.7 Å². The van der Waals surface area contributed by atoms with Gasteiger partial charge in [-0.25, -0.2) is 4.98 Å². The van der Waals surface area contributed by atoms with Crippen molar-refractivity contribution in [3.63, 3.8) is 0 Å². The van der Waals surface area contributed by atoms with Gasteiger partial charge in [-0.1, -0.05) is 12.8 Å². The molecule has 2 N–H and O–H groups in total. The molecule has 6 nitrogen and oxygen atoms in total. The maximum atomic E-state index is 13.0. The van der Waals surface area contributed by atoms with Crippen LogP contribution in [0.15, 0.2) is 12.3 Å². The molecule has 2 atom stereocenters. The van der Waals surface area contributed by atoms with Crippen molar-refractivity contribution in [3.8, 4) is 5.88 Å². The Morgan fingerprint density at radius 2 is 2.09 bits per heavy atom. The summed E-state index contributed by atoms with van der Waals surface area (Å²) in [7, 11) is 1.42. The van der Waals surface area contributed by atoms with E-state index in [1.54, 1.807) is 0 Å². The summed E-state index contributed by atoms with van der Waals surface area (Å²) in [6, 6.07) is 1.51. The van der Waals surface area contributed by atoms with Gasteiger partial charge in [0, 0.05) is 12.3 Å². The van der Waals surface area contributed by atoms with E-state index in [1.165, 1.54) is 19.4 Å². The fourth-order valence-electron chi connectivity index (χ4n) is 2.56. The highest BCUT2D eigenvalue weighted by Gasteiger charge is 2.48. The Labute approximate surface area is 125 Å². The number of carbonyl (C=O) groups excluding carboxylic acids is 1. The minimum atomic E-state index is -4.37. The first-order valence-corrected chi connectivity index (χ1v) is 6.91. The molecule has 1 aliphatic rings. The number of rotatable bonds is 4. The van der Waals surface area contributed by atoms with Gasteiger partial charge in [0.1, 0.15) is 0 Å². The van der Waals surface area contributed by atoms with Gasteiger partial charge in [-0.15, -0.1) is 0 Å². The summed E-state index contributed by atoms with van der Waals surface area (Å²) >= 11 is 0. The van der Waals surface area contributed by atoms with Crippen LogP contribution in [0.3, 0.4) is 0 Å². The second-order valence-corrected chi connectivity index (χ2v) is 5.08. The van der Waals surface area contributed by atoms with Crippen LogP contribution in [0.4, 0.5) is 19.1 Å². The summed E-state index contributed by atoms with van der Waals surface area (Å²) in [5.74, 6) is -3.07. The lowest BCUT2D eigenvalue weighted by Gasteiger charge is -2.31. The number of aromatic nitrogens is 2. The van der Waals surface area contributed by atoms with E-state index in [0.717, 1.165) is 0 Å². The van der Waals surface area contributed by atoms with Crippen LogP contribution in [0, 0.1) is 11.8 Å². The lowest BCUT2D eigenvalue weighted by atomic mass is 9.78. The highest BCUT2D eigenvalue weighted by molar-refractivity contribution is 5.80. The number of methoxy groups -OCH3 is 1. The molecule has 0 aromatic carbocycles. The number of nitrogens with zero attached hydrogens (tertiary/aromatic N) is 2. The van der Waals surface area contributed by atoms with Gasteiger partial charge in [0.05, 0.1) is 18.9 Å². The van der Waals surface area contributed by atoms with Crippen molar-refractivity contribution in [3.05, 3.63) is 12.3 Å². The molecule has 0 unspecified atom stereocenters. The third-order valence-electron chi connectivity index (χ3n) is 3.66. The molecular weight excluding hydrogens is 301 g/mol. The highest BCUT2D eigenvalue weighted by atomic mass is 19.4. The molecule has 122 valence electrons. The number of hydrogen-bond acceptors (Lipinski definition) is 5.